The van der Waals surface area contributed by atoms with Gasteiger partial charge in [0.2, 0.25) is 5.82 Å². The number of nitrogens with zero attached hydrogens (tertiary/aromatic N) is 3. The number of methoxy groups -OCH3 is 1. The number of pyridine rings is 1. The van der Waals surface area contributed by atoms with Gasteiger partial charge in [-0.25, -0.2) is 4.98 Å². The van der Waals surface area contributed by atoms with Crippen molar-refractivity contribution in [2.45, 2.75) is 6.42 Å². The molecule has 0 aliphatic carbocycles. The van der Waals surface area contributed by atoms with Crippen molar-refractivity contribution in [1.29, 1.82) is 0 Å². The van der Waals surface area contributed by atoms with Crippen LogP contribution in [0, 0.1) is 4.91 Å². The molecule has 2 aromatic rings. The molecule has 0 aliphatic heterocycles. The van der Waals surface area contributed by atoms with Crippen molar-refractivity contribution in [2.24, 2.45) is 5.18 Å². The minimum Gasteiger partial charge on any atom is -0.469 e. The summed E-state index contributed by atoms with van der Waals surface area (Å²) in [6, 6.07) is 3.30. The summed E-state index contributed by atoms with van der Waals surface area (Å²) in [7, 11) is 1.26. The number of ether oxygens (including phenoxy) is 1. The lowest BCUT2D eigenvalue weighted by atomic mass is 10.3. The van der Waals surface area contributed by atoms with Crippen molar-refractivity contribution in [3.8, 4) is 0 Å². The molecule has 7 heteroatoms. The third kappa shape index (κ3) is 1.99. The van der Waals surface area contributed by atoms with E-state index in [9.17, 15) is 9.70 Å². The molecule has 88 valence electrons. The van der Waals surface area contributed by atoms with E-state index in [1.165, 1.54) is 11.5 Å². The molecule has 2 aromatic heterocycles. The van der Waals surface area contributed by atoms with E-state index in [-0.39, 0.29) is 17.9 Å². The molecule has 0 atom stereocenters. The first-order chi connectivity index (χ1) is 8.17. The Morgan fingerprint density at radius 1 is 1.65 bits per heavy atom. The maximum atomic E-state index is 11.2. The van der Waals surface area contributed by atoms with Crippen LogP contribution in [0.25, 0.3) is 5.65 Å². The van der Waals surface area contributed by atoms with Crippen LogP contribution in [0.4, 0.5) is 5.82 Å². The maximum absolute atomic E-state index is 11.2. The molecule has 0 aliphatic rings. The molecule has 0 amide bonds. The van der Waals surface area contributed by atoms with Crippen molar-refractivity contribution in [3.63, 3.8) is 0 Å². The molecule has 6 nitrogen and oxygen atoms in total. The topological polar surface area (TPSA) is 73.0 Å². The second-order valence-electron chi connectivity index (χ2n) is 3.28. The lowest BCUT2D eigenvalue weighted by molar-refractivity contribution is -0.139. The Kier molecular flexibility index (Phi) is 3.06. The number of fused-ring (bicyclic) bond motifs is 1. The molecule has 0 N–H and O–H groups in total. The summed E-state index contributed by atoms with van der Waals surface area (Å²) in [5.74, 6) is -0.428. The third-order valence-electron chi connectivity index (χ3n) is 2.27. The summed E-state index contributed by atoms with van der Waals surface area (Å²) >= 11 is 5.93. The molecule has 0 bridgehead atoms. The zero-order chi connectivity index (χ0) is 12.4. The van der Waals surface area contributed by atoms with E-state index in [0.29, 0.717) is 10.7 Å². The Morgan fingerprint density at radius 2 is 2.41 bits per heavy atom. The van der Waals surface area contributed by atoms with Gasteiger partial charge in [-0.1, -0.05) is 11.6 Å². The van der Waals surface area contributed by atoms with Crippen LogP contribution in [0.2, 0.25) is 5.02 Å². The second-order valence-corrected chi connectivity index (χ2v) is 3.68. The highest BCUT2D eigenvalue weighted by Crippen LogP contribution is 2.26. The first-order valence-corrected chi connectivity index (χ1v) is 5.10. The molecule has 0 spiro atoms. The first-order valence-electron chi connectivity index (χ1n) is 4.73. The van der Waals surface area contributed by atoms with Crippen LogP contribution in [0.5, 0.6) is 0 Å². The minimum absolute atomic E-state index is 0.0629. The minimum atomic E-state index is -0.491. The van der Waals surface area contributed by atoms with E-state index in [1.54, 1.807) is 18.3 Å². The Balaban J connectivity index is 2.59. The molecular formula is C10H8ClN3O3. The van der Waals surface area contributed by atoms with E-state index in [1.807, 2.05) is 0 Å². The Hall–Kier alpha value is -1.95. The van der Waals surface area contributed by atoms with Gasteiger partial charge in [-0.05, 0) is 17.3 Å². The predicted molar refractivity (Wildman–Crippen MR) is 61.4 cm³/mol. The van der Waals surface area contributed by atoms with Gasteiger partial charge < -0.3 is 4.74 Å². The van der Waals surface area contributed by atoms with Crippen LogP contribution in [-0.4, -0.2) is 22.5 Å². The standard InChI is InChI=1S/C10H8ClN3O3/c1-17-8(15)5-7-10(13-16)14-4-2-3-6(11)9(14)12-7/h2-4H,5H2,1H3. The zero-order valence-corrected chi connectivity index (χ0v) is 9.64. The van der Waals surface area contributed by atoms with Gasteiger partial charge in [0.05, 0.1) is 18.6 Å². The Bertz CT molecular complexity index is 594. The number of nitroso groups, excluding NO2 is 1. The fourth-order valence-electron chi connectivity index (χ4n) is 1.49. The van der Waals surface area contributed by atoms with E-state index >= 15 is 0 Å². The molecule has 2 rings (SSSR count). The monoisotopic (exact) mass is 253 g/mol. The largest absolute Gasteiger partial charge is 0.469 e. The molecule has 0 unspecified atom stereocenters. The normalized spacial score (nSPS) is 10.5. The molecule has 17 heavy (non-hydrogen) atoms. The Labute approximate surface area is 101 Å². The number of carbonyl (C=O) groups is 1. The number of carbonyl (C=O) groups excluding carboxylic acids is 1. The maximum Gasteiger partial charge on any atom is 0.311 e. The van der Waals surface area contributed by atoms with Crippen molar-refractivity contribution in [2.75, 3.05) is 7.11 Å². The molecule has 0 aromatic carbocycles. The van der Waals surface area contributed by atoms with Crippen LogP contribution in [0.1, 0.15) is 5.69 Å². The van der Waals surface area contributed by atoms with Gasteiger partial charge in [0.25, 0.3) is 0 Å². The molecule has 0 radical (unpaired) electrons. The third-order valence-corrected chi connectivity index (χ3v) is 2.57. The average Bonchev–Trinajstić information content (AvgIpc) is 2.68. The van der Waals surface area contributed by atoms with Crippen molar-refractivity contribution in [1.82, 2.24) is 9.38 Å². The van der Waals surface area contributed by atoms with Gasteiger partial charge in [-0.3, -0.25) is 9.20 Å². The van der Waals surface area contributed by atoms with Gasteiger partial charge in [-0.15, -0.1) is 4.91 Å². The second kappa shape index (κ2) is 4.50. The number of hydrogen-bond donors (Lipinski definition) is 0. The molecular weight excluding hydrogens is 246 g/mol. The van der Waals surface area contributed by atoms with Crippen molar-refractivity contribution in [3.05, 3.63) is 34.0 Å². The van der Waals surface area contributed by atoms with E-state index in [4.69, 9.17) is 11.6 Å². The Morgan fingerprint density at radius 3 is 3.06 bits per heavy atom. The smallest absolute Gasteiger partial charge is 0.311 e. The number of rotatable bonds is 3. The number of esters is 1. The van der Waals surface area contributed by atoms with Crippen LogP contribution in [-0.2, 0) is 16.0 Å². The van der Waals surface area contributed by atoms with Gasteiger partial charge in [-0.2, -0.15) is 0 Å². The molecule has 2 heterocycles. The predicted octanol–water partition coefficient (Wildman–Crippen LogP) is 2.10. The summed E-state index contributed by atoms with van der Waals surface area (Å²) in [6.07, 6.45) is 1.49. The number of imidazole rings is 1. The lowest BCUT2D eigenvalue weighted by Gasteiger charge is -1.96. The van der Waals surface area contributed by atoms with Gasteiger partial charge >= 0.3 is 5.97 Å². The summed E-state index contributed by atoms with van der Waals surface area (Å²) in [5, 5.41) is 3.25. The SMILES string of the molecule is COC(=O)Cc1nc2c(Cl)cccn2c1N=O. The van der Waals surface area contributed by atoms with Gasteiger partial charge in [0, 0.05) is 6.20 Å². The number of aromatic nitrogens is 2. The molecule has 0 fully saturated rings. The fourth-order valence-corrected chi connectivity index (χ4v) is 1.70. The van der Waals surface area contributed by atoms with Crippen LogP contribution in [0.3, 0.4) is 0 Å². The zero-order valence-electron chi connectivity index (χ0n) is 8.88. The van der Waals surface area contributed by atoms with E-state index in [2.05, 4.69) is 14.9 Å². The molecule has 0 saturated carbocycles. The van der Waals surface area contributed by atoms with Crippen LogP contribution < -0.4 is 0 Å². The number of halogens is 1. The highest BCUT2D eigenvalue weighted by molar-refractivity contribution is 6.33. The van der Waals surface area contributed by atoms with Crippen molar-refractivity contribution < 1.29 is 9.53 Å². The molecule has 0 saturated heterocycles. The highest BCUT2D eigenvalue weighted by Gasteiger charge is 2.17. The summed E-state index contributed by atoms with van der Waals surface area (Å²) < 4.78 is 5.95. The summed E-state index contributed by atoms with van der Waals surface area (Å²) in [6.45, 7) is 0. The van der Waals surface area contributed by atoms with Crippen LogP contribution >= 0.6 is 11.6 Å². The summed E-state index contributed by atoms with van der Waals surface area (Å²) in [4.78, 5) is 26.0. The first kappa shape index (κ1) is 11.5. The van der Waals surface area contributed by atoms with Gasteiger partial charge in [0.15, 0.2) is 5.65 Å². The average molecular weight is 254 g/mol. The van der Waals surface area contributed by atoms with Crippen molar-refractivity contribution >= 4 is 29.0 Å². The summed E-state index contributed by atoms with van der Waals surface area (Å²) in [5.41, 5.74) is 0.641. The van der Waals surface area contributed by atoms with E-state index < -0.39 is 5.97 Å². The lowest BCUT2D eigenvalue weighted by Crippen LogP contribution is -2.04. The fraction of sp³-hybridized carbons (Fsp3) is 0.200. The quantitative estimate of drug-likeness (QED) is 0.620. The number of hydrogen-bond acceptors (Lipinski definition) is 5. The van der Waals surface area contributed by atoms with Crippen LogP contribution in [0.15, 0.2) is 23.5 Å². The highest BCUT2D eigenvalue weighted by atomic mass is 35.5. The van der Waals surface area contributed by atoms with Gasteiger partial charge in [0.1, 0.15) is 5.69 Å². The van der Waals surface area contributed by atoms with E-state index in [0.717, 1.165) is 0 Å².